The fourth-order valence-corrected chi connectivity index (χ4v) is 3.67. The molecule has 1 atom stereocenters. The Kier molecular flexibility index (Phi) is 4.36. The third kappa shape index (κ3) is 2.94. The number of ether oxygens (including phenoxy) is 2. The number of hydrogen-bond acceptors (Lipinski definition) is 6. The first-order chi connectivity index (χ1) is 12.7. The van der Waals surface area contributed by atoms with Gasteiger partial charge in [-0.2, -0.15) is 10.1 Å². The van der Waals surface area contributed by atoms with E-state index in [4.69, 9.17) is 9.47 Å². The molecule has 26 heavy (non-hydrogen) atoms. The minimum absolute atomic E-state index is 0.0106. The fourth-order valence-electron chi connectivity index (χ4n) is 3.67. The standard InChI is InChI=1S/C19H22N4O3/c1-12-16(18(24)26-15-5-3-4-6-15)17(23-19(22-12)20-11-21-23)13-7-9-14(25-2)10-8-13/h7-11,15,17H,3-6H2,1-2H3,(H,20,21,22). The van der Waals surface area contributed by atoms with Crippen LogP contribution in [0.5, 0.6) is 5.75 Å². The number of allylic oxidation sites excluding steroid dienone is 1. The van der Waals surface area contributed by atoms with Crippen LogP contribution in [0.3, 0.4) is 0 Å². The average Bonchev–Trinajstić information content (AvgIpc) is 3.32. The summed E-state index contributed by atoms with van der Waals surface area (Å²) in [5, 5.41) is 7.49. The molecule has 0 bridgehead atoms. The summed E-state index contributed by atoms with van der Waals surface area (Å²) in [4.78, 5) is 17.2. The molecule has 1 aliphatic heterocycles. The number of carbonyl (C=O) groups excluding carboxylic acids is 1. The van der Waals surface area contributed by atoms with Crippen LogP contribution in [0, 0.1) is 0 Å². The van der Waals surface area contributed by atoms with Crippen LogP contribution in [0.4, 0.5) is 5.95 Å². The van der Waals surface area contributed by atoms with E-state index in [-0.39, 0.29) is 18.1 Å². The summed E-state index contributed by atoms with van der Waals surface area (Å²) < 4.78 is 12.8. The molecule has 2 aromatic rings. The van der Waals surface area contributed by atoms with Gasteiger partial charge < -0.3 is 14.8 Å². The average molecular weight is 354 g/mol. The van der Waals surface area contributed by atoms with Crippen molar-refractivity contribution < 1.29 is 14.3 Å². The summed E-state index contributed by atoms with van der Waals surface area (Å²) in [6, 6.07) is 7.26. The molecule has 1 aliphatic carbocycles. The third-order valence-electron chi connectivity index (χ3n) is 5.02. The van der Waals surface area contributed by atoms with E-state index in [1.165, 1.54) is 6.33 Å². The SMILES string of the molecule is COc1ccc(C2C(C(=O)OC3CCCC3)=C(C)Nc3ncnn32)cc1. The van der Waals surface area contributed by atoms with E-state index in [1.807, 2.05) is 31.2 Å². The Bertz CT molecular complexity index is 835. The van der Waals surface area contributed by atoms with Gasteiger partial charge in [-0.3, -0.25) is 0 Å². The van der Waals surface area contributed by atoms with Gasteiger partial charge in [0.15, 0.2) is 0 Å². The number of anilines is 1. The summed E-state index contributed by atoms with van der Waals surface area (Å²) in [7, 11) is 1.63. The van der Waals surface area contributed by atoms with Crippen LogP contribution in [0.2, 0.25) is 0 Å². The van der Waals surface area contributed by atoms with Crippen molar-refractivity contribution >= 4 is 11.9 Å². The molecular weight excluding hydrogens is 332 g/mol. The van der Waals surface area contributed by atoms with Gasteiger partial charge in [-0.25, -0.2) is 9.48 Å². The number of fused-ring (bicyclic) bond motifs is 1. The molecule has 7 nitrogen and oxygen atoms in total. The van der Waals surface area contributed by atoms with Gasteiger partial charge in [0.05, 0.1) is 12.7 Å². The molecule has 136 valence electrons. The molecule has 1 aromatic heterocycles. The van der Waals surface area contributed by atoms with Gasteiger partial charge in [0.2, 0.25) is 5.95 Å². The number of aromatic nitrogens is 3. The summed E-state index contributed by atoms with van der Waals surface area (Å²) >= 11 is 0. The molecular formula is C19H22N4O3. The van der Waals surface area contributed by atoms with Crippen LogP contribution in [-0.2, 0) is 9.53 Å². The highest BCUT2D eigenvalue weighted by atomic mass is 16.5. The normalized spacial score (nSPS) is 19.8. The minimum atomic E-state index is -0.381. The van der Waals surface area contributed by atoms with Crippen LogP contribution in [-0.4, -0.2) is 33.9 Å². The second-order valence-electron chi connectivity index (χ2n) is 6.68. The molecule has 1 saturated carbocycles. The van der Waals surface area contributed by atoms with E-state index in [9.17, 15) is 4.79 Å². The van der Waals surface area contributed by atoms with Crippen molar-refractivity contribution in [3.05, 3.63) is 47.4 Å². The maximum Gasteiger partial charge on any atom is 0.338 e. The molecule has 1 fully saturated rings. The zero-order valence-corrected chi connectivity index (χ0v) is 14.9. The number of benzene rings is 1. The second-order valence-corrected chi connectivity index (χ2v) is 6.68. The number of hydrogen-bond donors (Lipinski definition) is 1. The Balaban J connectivity index is 1.72. The number of nitrogens with one attached hydrogen (secondary N) is 1. The van der Waals surface area contributed by atoms with Crippen molar-refractivity contribution in [1.82, 2.24) is 14.8 Å². The Morgan fingerprint density at radius 3 is 2.65 bits per heavy atom. The van der Waals surface area contributed by atoms with Gasteiger partial charge in [-0.15, -0.1) is 0 Å². The Hall–Kier alpha value is -2.83. The van der Waals surface area contributed by atoms with Crippen LogP contribution in [0.15, 0.2) is 41.9 Å². The van der Waals surface area contributed by atoms with E-state index < -0.39 is 0 Å². The monoisotopic (exact) mass is 354 g/mol. The van der Waals surface area contributed by atoms with Crippen molar-refractivity contribution in [3.8, 4) is 5.75 Å². The van der Waals surface area contributed by atoms with E-state index in [0.29, 0.717) is 11.5 Å². The molecule has 1 aromatic carbocycles. The quantitative estimate of drug-likeness (QED) is 0.850. The molecule has 0 spiro atoms. The topological polar surface area (TPSA) is 78.3 Å². The summed E-state index contributed by atoms with van der Waals surface area (Å²) in [5.41, 5.74) is 2.24. The minimum Gasteiger partial charge on any atom is -0.497 e. The lowest BCUT2D eigenvalue weighted by molar-refractivity contribution is -0.144. The van der Waals surface area contributed by atoms with Crippen molar-refractivity contribution in [2.45, 2.75) is 44.8 Å². The van der Waals surface area contributed by atoms with E-state index in [1.54, 1.807) is 11.8 Å². The predicted octanol–water partition coefficient (Wildman–Crippen LogP) is 3.06. The smallest absolute Gasteiger partial charge is 0.338 e. The number of nitrogens with zero attached hydrogens (tertiary/aromatic N) is 3. The van der Waals surface area contributed by atoms with E-state index in [2.05, 4.69) is 15.4 Å². The van der Waals surface area contributed by atoms with Crippen LogP contribution < -0.4 is 10.1 Å². The lowest BCUT2D eigenvalue weighted by atomic mass is 9.95. The van der Waals surface area contributed by atoms with Crippen molar-refractivity contribution in [3.63, 3.8) is 0 Å². The first-order valence-electron chi connectivity index (χ1n) is 8.89. The molecule has 1 unspecified atom stereocenters. The summed E-state index contributed by atoms with van der Waals surface area (Å²) in [6.07, 6.45) is 5.60. The van der Waals surface area contributed by atoms with Crippen LogP contribution in [0.1, 0.15) is 44.2 Å². The lowest BCUT2D eigenvalue weighted by Gasteiger charge is -2.29. The highest BCUT2D eigenvalue weighted by Crippen LogP contribution is 2.36. The van der Waals surface area contributed by atoms with Crippen LogP contribution >= 0.6 is 0 Å². The molecule has 1 N–H and O–H groups in total. The molecule has 2 heterocycles. The molecule has 0 saturated heterocycles. The number of carbonyl (C=O) groups is 1. The highest BCUT2D eigenvalue weighted by molar-refractivity contribution is 5.92. The van der Waals surface area contributed by atoms with Crippen molar-refractivity contribution in [2.24, 2.45) is 0 Å². The van der Waals surface area contributed by atoms with Crippen molar-refractivity contribution in [2.75, 3.05) is 12.4 Å². The number of rotatable bonds is 4. The summed E-state index contributed by atoms with van der Waals surface area (Å²) in [6.45, 7) is 1.87. The van der Waals surface area contributed by atoms with E-state index >= 15 is 0 Å². The van der Waals surface area contributed by atoms with E-state index in [0.717, 1.165) is 42.7 Å². The maximum atomic E-state index is 13.0. The second kappa shape index (κ2) is 6.82. The number of esters is 1. The van der Waals surface area contributed by atoms with Gasteiger partial charge in [0.25, 0.3) is 0 Å². The third-order valence-corrected chi connectivity index (χ3v) is 5.02. The largest absolute Gasteiger partial charge is 0.497 e. The van der Waals surface area contributed by atoms with Gasteiger partial charge in [0.1, 0.15) is 24.2 Å². The van der Waals surface area contributed by atoms with Gasteiger partial charge in [-0.1, -0.05) is 12.1 Å². The van der Waals surface area contributed by atoms with Crippen molar-refractivity contribution in [1.29, 1.82) is 0 Å². The molecule has 4 rings (SSSR count). The number of methoxy groups -OCH3 is 1. The summed E-state index contributed by atoms with van der Waals surface area (Å²) in [5.74, 6) is 1.09. The molecule has 2 aliphatic rings. The molecule has 0 radical (unpaired) electrons. The molecule has 7 heteroatoms. The zero-order valence-electron chi connectivity index (χ0n) is 14.9. The molecule has 0 amide bonds. The first kappa shape index (κ1) is 16.6. The highest BCUT2D eigenvalue weighted by Gasteiger charge is 2.35. The Morgan fingerprint density at radius 1 is 1.23 bits per heavy atom. The Morgan fingerprint density at radius 2 is 1.96 bits per heavy atom. The Labute approximate surface area is 152 Å². The maximum absolute atomic E-state index is 13.0. The van der Waals surface area contributed by atoms with Gasteiger partial charge >= 0.3 is 5.97 Å². The fraction of sp³-hybridized carbons (Fsp3) is 0.421. The zero-order chi connectivity index (χ0) is 18.1. The lowest BCUT2D eigenvalue weighted by Crippen LogP contribution is -2.31. The first-order valence-corrected chi connectivity index (χ1v) is 8.89. The van der Waals surface area contributed by atoms with Gasteiger partial charge in [0, 0.05) is 5.70 Å². The van der Waals surface area contributed by atoms with Gasteiger partial charge in [-0.05, 0) is 50.3 Å². The van der Waals surface area contributed by atoms with Crippen LogP contribution in [0.25, 0.3) is 0 Å². The predicted molar refractivity (Wildman–Crippen MR) is 95.8 cm³/mol.